The predicted molar refractivity (Wildman–Crippen MR) is 77.5 cm³/mol. The number of hydrogen-bond donors (Lipinski definition) is 1. The van der Waals surface area contributed by atoms with Gasteiger partial charge in [0.25, 0.3) is 0 Å². The van der Waals surface area contributed by atoms with Crippen LogP contribution in [0.25, 0.3) is 4.72 Å². The van der Waals surface area contributed by atoms with Gasteiger partial charge in [-0.1, -0.05) is 6.07 Å². The van der Waals surface area contributed by atoms with Gasteiger partial charge >= 0.3 is 0 Å². The fourth-order valence-corrected chi connectivity index (χ4v) is 2.38. The number of nitrogens with one attached hydrogen (secondary N) is 1. The molecule has 0 atom stereocenters. The van der Waals surface area contributed by atoms with Crippen molar-refractivity contribution >= 4 is 27.6 Å². The van der Waals surface area contributed by atoms with E-state index >= 15 is 0 Å². The number of aromatic nitrogens is 2. The Morgan fingerprint density at radius 1 is 1.23 bits per heavy atom. The van der Waals surface area contributed by atoms with Crippen LogP contribution in [0.15, 0.2) is 47.6 Å². The Hall–Kier alpha value is -2.99. The highest BCUT2D eigenvalue weighted by atomic mass is 32.2. The quantitative estimate of drug-likeness (QED) is 0.894. The first kappa shape index (κ1) is 15.4. The second-order valence-electron chi connectivity index (χ2n) is 4.02. The molecule has 9 heteroatoms. The molecule has 112 valence electrons. The molecule has 0 bridgehead atoms. The maximum atomic E-state index is 12.1. The Morgan fingerprint density at radius 3 is 2.45 bits per heavy atom. The number of amides is 1. The van der Waals surface area contributed by atoms with Gasteiger partial charge in [0.1, 0.15) is 6.42 Å². The highest BCUT2D eigenvalue weighted by molar-refractivity contribution is 7.94. The first-order chi connectivity index (χ1) is 10.5. The van der Waals surface area contributed by atoms with E-state index in [0.717, 1.165) is 0 Å². The minimum Gasteiger partial charge on any atom is -0.366 e. The molecule has 2 aromatic rings. The molecule has 1 amide bonds. The number of benzene rings is 1. The molecular formula is C13H10N5O3S-. The summed E-state index contributed by atoms with van der Waals surface area (Å²) in [6.07, 6.45) is 2.49. The average Bonchev–Trinajstić information content (AvgIpc) is 2.48. The van der Waals surface area contributed by atoms with Crippen LogP contribution in [0.3, 0.4) is 0 Å². The number of nitriles is 1. The SMILES string of the molecule is N#CCC(=O)Nc1ccc(S(=O)(=O)[N-]c2ncccn2)cc1. The van der Waals surface area contributed by atoms with Gasteiger partial charge < -0.3 is 15.3 Å². The topological polar surface area (TPSA) is 127 Å². The van der Waals surface area contributed by atoms with Crippen molar-refractivity contribution in [1.82, 2.24) is 9.97 Å². The van der Waals surface area contributed by atoms with Crippen LogP contribution in [0.5, 0.6) is 0 Å². The minimum atomic E-state index is -3.93. The standard InChI is InChI=1S/C13H11N5O3S/c14-7-6-12(19)17-10-2-4-11(5-3-10)22(20,21)18-13-15-8-1-9-16-13/h1-5,8-9H,6H2,(H2,15,16,17,18,19)/p-1. The summed E-state index contributed by atoms with van der Waals surface area (Å²) in [7, 11) is -3.93. The third-order valence-corrected chi connectivity index (χ3v) is 3.70. The largest absolute Gasteiger partial charge is 0.366 e. The molecule has 0 spiro atoms. The van der Waals surface area contributed by atoms with Crippen molar-refractivity contribution in [2.75, 3.05) is 5.32 Å². The predicted octanol–water partition coefficient (Wildman–Crippen LogP) is 1.72. The minimum absolute atomic E-state index is 0.0572. The summed E-state index contributed by atoms with van der Waals surface area (Å²) < 4.78 is 27.6. The van der Waals surface area contributed by atoms with Crippen LogP contribution in [-0.4, -0.2) is 24.3 Å². The Bertz CT molecular complexity index is 798. The zero-order chi connectivity index (χ0) is 16.0. The third kappa shape index (κ3) is 4.00. The molecule has 8 nitrogen and oxygen atoms in total. The van der Waals surface area contributed by atoms with Gasteiger partial charge in [-0.25, -0.2) is 8.42 Å². The van der Waals surface area contributed by atoms with Crippen molar-refractivity contribution in [2.45, 2.75) is 11.3 Å². The van der Waals surface area contributed by atoms with E-state index < -0.39 is 15.9 Å². The van der Waals surface area contributed by atoms with E-state index in [4.69, 9.17) is 5.26 Å². The fourth-order valence-electron chi connectivity index (χ4n) is 1.49. The molecule has 0 aliphatic rings. The van der Waals surface area contributed by atoms with Gasteiger partial charge in [0.2, 0.25) is 15.9 Å². The normalized spacial score (nSPS) is 10.5. The third-order valence-electron chi connectivity index (χ3n) is 2.43. The molecule has 0 saturated heterocycles. The number of hydrogen-bond acceptors (Lipinski definition) is 6. The molecule has 1 heterocycles. The summed E-state index contributed by atoms with van der Waals surface area (Å²) in [6.45, 7) is 0. The van der Waals surface area contributed by atoms with E-state index in [2.05, 4.69) is 20.0 Å². The summed E-state index contributed by atoms with van der Waals surface area (Å²) >= 11 is 0. The van der Waals surface area contributed by atoms with Crippen LogP contribution < -0.4 is 5.32 Å². The lowest BCUT2D eigenvalue weighted by Crippen LogP contribution is -2.10. The van der Waals surface area contributed by atoms with E-state index in [1.807, 2.05) is 0 Å². The zero-order valence-electron chi connectivity index (χ0n) is 11.2. The average molecular weight is 316 g/mol. The second kappa shape index (κ2) is 6.64. The van der Waals surface area contributed by atoms with Crippen molar-refractivity contribution in [3.05, 3.63) is 47.4 Å². The van der Waals surface area contributed by atoms with Gasteiger partial charge in [-0.2, -0.15) is 5.26 Å². The summed E-state index contributed by atoms with van der Waals surface area (Å²) in [5.41, 5.74) is 0.384. The van der Waals surface area contributed by atoms with Gasteiger partial charge in [-0.05, 0) is 36.7 Å². The highest BCUT2D eigenvalue weighted by Crippen LogP contribution is 2.24. The molecule has 0 saturated carbocycles. The van der Waals surface area contributed by atoms with Gasteiger partial charge in [-0.15, -0.1) is 0 Å². The molecule has 1 N–H and O–H groups in total. The highest BCUT2D eigenvalue weighted by Gasteiger charge is 2.12. The van der Waals surface area contributed by atoms with Crippen LogP contribution in [0.4, 0.5) is 11.6 Å². The van der Waals surface area contributed by atoms with Crippen molar-refractivity contribution in [3.63, 3.8) is 0 Å². The zero-order valence-corrected chi connectivity index (χ0v) is 12.0. The smallest absolute Gasteiger partial charge is 0.238 e. The summed E-state index contributed by atoms with van der Waals surface area (Å²) in [6, 6.07) is 8.66. The first-order valence-electron chi connectivity index (χ1n) is 6.03. The summed E-state index contributed by atoms with van der Waals surface area (Å²) in [5.74, 6) is -0.630. The number of sulfonamides is 1. The molecule has 1 aromatic carbocycles. The van der Waals surface area contributed by atoms with E-state index in [1.54, 1.807) is 12.1 Å². The van der Waals surface area contributed by atoms with Gasteiger partial charge in [0.05, 0.1) is 11.0 Å². The Morgan fingerprint density at radius 2 is 1.86 bits per heavy atom. The lowest BCUT2D eigenvalue weighted by molar-refractivity contribution is -0.115. The number of carbonyl (C=O) groups excluding carboxylic acids is 1. The number of anilines is 1. The maximum Gasteiger partial charge on any atom is 0.238 e. The van der Waals surface area contributed by atoms with E-state index in [9.17, 15) is 13.2 Å². The lowest BCUT2D eigenvalue weighted by atomic mass is 10.3. The van der Waals surface area contributed by atoms with Crippen molar-refractivity contribution in [2.24, 2.45) is 0 Å². The van der Waals surface area contributed by atoms with Crippen molar-refractivity contribution < 1.29 is 13.2 Å². The van der Waals surface area contributed by atoms with Gasteiger partial charge in [0.15, 0.2) is 0 Å². The molecule has 0 fully saturated rings. The number of rotatable bonds is 5. The molecule has 1 aromatic heterocycles. The van der Waals surface area contributed by atoms with Crippen LogP contribution in [0.2, 0.25) is 0 Å². The van der Waals surface area contributed by atoms with E-state index in [1.165, 1.54) is 36.7 Å². The van der Waals surface area contributed by atoms with Gasteiger partial charge in [-0.3, -0.25) is 9.52 Å². The lowest BCUT2D eigenvalue weighted by Gasteiger charge is -2.12. The van der Waals surface area contributed by atoms with Gasteiger partial charge in [0, 0.05) is 11.6 Å². The van der Waals surface area contributed by atoms with Crippen LogP contribution >= 0.6 is 0 Å². The Balaban J connectivity index is 2.12. The summed E-state index contributed by atoms with van der Waals surface area (Å²) in [5, 5.41) is 10.9. The van der Waals surface area contributed by atoms with E-state index in [0.29, 0.717) is 5.69 Å². The summed E-state index contributed by atoms with van der Waals surface area (Å²) in [4.78, 5) is 18.6. The molecular weight excluding hydrogens is 306 g/mol. The van der Waals surface area contributed by atoms with E-state index in [-0.39, 0.29) is 17.3 Å². The molecule has 0 radical (unpaired) electrons. The Kier molecular flexibility index (Phi) is 4.65. The molecule has 2 rings (SSSR count). The van der Waals surface area contributed by atoms with Crippen LogP contribution in [0, 0.1) is 11.3 Å². The molecule has 0 aliphatic heterocycles. The second-order valence-corrected chi connectivity index (χ2v) is 5.63. The molecule has 22 heavy (non-hydrogen) atoms. The monoisotopic (exact) mass is 316 g/mol. The van der Waals surface area contributed by atoms with Crippen molar-refractivity contribution in [1.29, 1.82) is 5.26 Å². The fraction of sp³-hybridized carbons (Fsp3) is 0.0769. The maximum absolute atomic E-state index is 12.1. The van der Waals surface area contributed by atoms with Crippen LogP contribution in [-0.2, 0) is 14.8 Å². The molecule has 0 unspecified atom stereocenters. The number of carbonyl (C=O) groups is 1. The number of nitrogens with zero attached hydrogens (tertiary/aromatic N) is 4. The Labute approximate surface area is 126 Å². The van der Waals surface area contributed by atoms with Crippen molar-refractivity contribution in [3.8, 4) is 6.07 Å². The molecule has 0 aliphatic carbocycles. The first-order valence-corrected chi connectivity index (χ1v) is 7.47. The van der Waals surface area contributed by atoms with Crippen LogP contribution in [0.1, 0.15) is 6.42 Å².